The highest BCUT2D eigenvalue weighted by Crippen LogP contribution is 2.36. The van der Waals surface area contributed by atoms with Crippen molar-refractivity contribution in [2.75, 3.05) is 23.4 Å². The van der Waals surface area contributed by atoms with Crippen LogP contribution < -0.4 is 19.1 Å². The third-order valence-electron chi connectivity index (χ3n) is 7.84. The van der Waals surface area contributed by atoms with Crippen LogP contribution in [0.25, 0.3) is 0 Å². The Morgan fingerprint density at radius 2 is 1.67 bits per heavy atom. The molecular formula is C32H36BrN3O6S. The average Bonchev–Trinajstić information content (AvgIpc) is 3.70. The van der Waals surface area contributed by atoms with Crippen molar-refractivity contribution in [3.05, 3.63) is 88.4 Å². The number of carbonyl (C=O) groups is 2. The van der Waals surface area contributed by atoms with Crippen molar-refractivity contribution in [3.8, 4) is 11.5 Å². The van der Waals surface area contributed by atoms with Crippen LogP contribution in [0.1, 0.15) is 43.7 Å². The van der Waals surface area contributed by atoms with Crippen LogP contribution in [0.3, 0.4) is 0 Å². The van der Waals surface area contributed by atoms with Crippen molar-refractivity contribution in [2.45, 2.75) is 57.7 Å². The van der Waals surface area contributed by atoms with E-state index in [2.05, 4.69) is 21.2 Å². The molecule has 5 rings (SSSR count). The number of ether oxygens (including phenoxy) is 2. The molecule has 3 aromatic carbocycles. The molecule has 1 aliphatic heterocycles. The Hall–Kier alpha value is -3.57. The van der Waals surface area contributed by atoms with Crippen LogP contribution in [-0.2, 0) is 32.6 Å². The van der Waals surface area contributed by atoms with E-state index in [-0.39, 0.29) is 43.1 Å². The molecule has 228 valence electrons. The van der Waals surface area contributed by atoms with Gasteiger partial charge in [0.25, 0.3) is 0 Å². The molecule has 3 aromatic rings. The molecule has 0 aromatic heterocycles. The third-order valence-corrected chi connectivity index (χ3v) is 10.1. The summed E-state index contributed by atoms with van der Waals surface area (Å²) in [4.78, 5) is 29.8. The van der Waals surface area contributed by atoms with E-state index in [1.165, 1.54) is 11.8 Å². The van der Waals surface area contributed by atoms with Gasteiger partial charge in [-0.2, -0.15) is 0 Å². The van der Waals surface area contributed by atoms with Gasteiger partial charge in [-0.15, -0.1) is 0 Å². The maximum absolute atomic E-state index is 14.4. The summed E-state index contributed by atoms with van der Waals surface area (Å²) in [5.41, 5.74) is 1.99. The number of amides is 2. The Labute approximate surface area is 261 Å². The highest BCUT2D eigenvalue weighted by molar-refractivity contribution is 9.10. The van der Waals surface area contributed by atoms with Gasteiger partial charge in [0.1, 0.15) is 12.6 Å². The van der Waals surface area contributed by atoms with Gasteiger partial charge in [0.05, 0.1) is 11.4 Å². The van der Waals surface area contributed by atoms with Gasteiger partial charge in [0.2, 0.25) is 28.6 Å². The van der Waals surface area contributed by atoms with Crippen molar-refractivity contribution in [2.24, 2.45) is 0 Å². The van der Waals surface area contributed by atoms with Crippen LogP contribution in [0.5, 0.6) is 11.5 Å². The fourth-order valence-corrected chi connectivity index (χ4v) is 7.01. The van der Waals surface area contributed by atoms with E-state index in [0.717, 1.165) is 45.6 Å². The van der Waals surface area contributed by atoms with Crippen molar-refractivity contribution < 1.29 is 27.5 Å². The van der Waals surface area contributed by atoms with E-state index in [1.54, 1.807) is 18.2 Å². The molecule has 2 aliphatic rings. The van der Waals surface area contributed by atoms with Crippen LogP contribution in [0.15, 0.2) is 77.3 Å². The number of nitrogens with zero attached hydrogens (tertiary/aromatic N) is 2. The monoisotopic (exact) mass is 669 g/mol. The zero-order chi connectivity index (χ0) is 30.4. The molecule has 0 bridgehead atoms. The van der Waals surface area contributed by atoms with Crippen LogP contribution in [0.4, 0.5) is 5.69 Å². The zero-order valence-electron chi connectivity index (χ0n) is 24.1. The predicted octanol–water partition coefficient (Wildman–Crippen LogP) is 5.03. The highest BCUT2D eigenvalue weighted by atomic mass is 79.9. The molecule has 1 atom stereocenters. The molecule has 0 saturated heterocycles. The lowest BCUT2D eigenvalue weighted by molar-refractivity contribution is -0.140. The Morgan fingerprint density at radius 1 is 0.953 bits per heavy atom. The maximum Gasteiger partial charge on any atom is 0.244 e. The Morgan fingerprint density at radius 3 is 2.40 bits per heavy atom. The van der Waals surface area contributed by atoms with E-state index >= 15 is 0 Å². The molecule has 1 N–H and O–H groups in total. The van der Waals surface area contributed by atoms with Crippen molar-refractivity contribution in [1.82, 2.24) is 10.2 Å². The first kappa shape index (κ1) is 30.9. The Bertz CT molecular complexity index is 1550. The van der Waals surface area contributed by atoms with Crippen molar-refractivity contribution in [3.63, 3.8) is 0 Å². The van der Waals surface area contributed by atoms with E-state index < -0.39 is 28.5 Å². The molecule has 0 radical (unpaired) electrons. The maximum atomic E-state index is 14.4. The third kappa shape index (κ3) is 7.69. The number of sulfonamides is 1. The van der Waals surface area contributed by atoms with E-state index in [4.69, 9.17) is 9.47 Å². The molecule has 11 heteroatoms. The second-order valence-corrected chi connectivity index (χ2v) is 13.9. The zero-order valence-corrected chi connectivity index (χ0v) is 26.5. The summed E-state index contributed by atoms with van der Waals surface area (Å²) >= 11 is 3.51. The second kappa shape index (κ2) is 13.8. The minimum absolute atomic E-state index is 0.0376. The molecule has 43 heavy (non-hydrogen) atoms. The summed E-state index contributed by atoms with van der Waals surface area (Å²) in [6, 6.07) is 21.1. The number of hydrogen-bond donors (Lipinski definition) is 1. The van der Waals surface area contributed by atoms with Gasteiger partial charge in [-0.1, -0.05) is 71.2 Å². The van der Waals surface area contributed by atoms with Gasteiger partial charge >= 0.3 is 0 Å². The summed E-state index contributed by atoms with van der Waals surface area (Å²) in [7, 11) is -3.88. The lowest BCUT2D eigenvalue weighted by atomic mass is 10.0. The minimum atomic E-state index is -3.88. The highest BCUT2D eigenvalue weighted by Gasteiger charge is 2.35. The molecule has 1 heterocycles. The summed E-state index contributed by atoms with van der Waals surface area (Å²) in [6.07, 6.45) is 4.18. The first-order valence-corrected chi connectivity index (χ1v) is 16.9. The molecular weight excluding hydrogens is 634 g/mol. The van der Waals surface area contributed by atoms with Crippen LogP contribution in [0, 0.1) is 0 Å². The molecule has 0 spiro atoms. The number of anilines is 1. The van der Waals surface area contributed by atoms with Crippen LogP contribution >= 0.6 is 15.9 Å². The normalized spacial score (nSPS) is 15.2. The smallest absolute Gasteiger partial charge is 0.244 e. The number of carbonyl (C=O) groups excluding carboxylic acids is 2. The van der Waals surface area contributed by atoms with Gasteiger partial charge in [-0.25, -0.2) is 8.42 Å². The summed E-state index contributed by atoms with van der Waals surface area (Å²) < 4.78 is 39.6. The van der Waals surface area contributed by atoms with E-state index in [1.807, 2.05) is 54.6 Å². The topological polar surface area (TPSA) is 105 Å². The fraction of sp³-hybridized carbons (Fsp3) is 0.375. The summed E-state index contributed by atoms with van der Waals surface area (Å²) in [6.45, 7) is 1.21. The molecule has 2 amide bonds. The Kier molecular flexibility index (Phi) is 9.92. The summed E-state index contributed by atoms with van der Waals surface area (Å²) in [5.74, 6) is -0.0308. The molecule has 1 fully saturated rings. The molecule has 1 saturated carbocycles. The van der Waals surface area contributed by atoms with Crippen molar-refractivity contribution >= 4 is 43.5 Å². The average molecular weight is 671 g/mol. The SMILES string of the molecule is CCS(=O)(=O)N(CC(=O)N(Cc1cccc(Br)c1)[C@H](Cc1ccccc1)C(=O)NC1CCCC1)c1ccc2c(c1)OCO2. The number of benzene rings is 3. The lowest BCUT2D eigenvalue weighted by Crippen LogP contribution is -2.54. The van der Waals surface area contributed by atoms with Crippen molar-refractivity contribution in [1.29, 1.82) is 0 Å². The number of hydrogen-bond acceptors (Lipinski definition) is 6. The van der Waals surface area contributed by atoms with E-state index in [9.17, 15) is 18.0 Å². The van der Waals surface area contributed by atoms with Gasteiger partial charge < -0.3 is 19.7 Å². The minimum Gasteiger partial charge on any atom is -0.454 e. The Balaban J connectivity index is 1.52. The van der Waals surface area contributed by atoms with Crippen LogP contribution in [0.2, 0.25) is 0 Å². The molecule has 0 unspecified atom stereocenters. The van der Waals surface area contributed by atoms with Gasteiger partial charge in [-0.05, 0) is 55.2 Å². The van der Waals surface area contributed by atoms with Gasteiger partial charge in [0.15, 0.2) is 11.5 Å². The quantitative estimate of drug-likeness (QED) is 0.290. The lowest BCUT2D eigenvalue weighted by Gasteiger charge is -2.34. The first-order valence-electron chi connectivity index (χ1n) is 14.5. The number of halogens is 1. The van der Waals surface area contributed by atoms with E-state index in [0.29, 0.717) is 11.5 Å². The predicted molar refractivity (Wildman–Crippen MR) is 168 cm³/mol. The standard InChI is InChI=1S/C32H36BrN3O6S/c1-2-43(39,40)36(27-15-16-29-30(19-27)42-22-41-29)21-31(37)35(20-24-11-8-12-25(33)17-24)28(18-23-9-4-3-5-10-23)32(38)34-26-13-6-7-14-26/h3-5,8-12,15-17,19,26,28H,2,6-7,13-14,18,20-22H2,1H3,(H,34,38)/t28-/m1/s1. The number of nitrogens with one attached hydrogen (secondary N) is 1. The summed E-state index contributed by atoms with van der Waals surface area (Å²) in [5, 5.41) is 3.18. The largest absolute Gasteiger partial charge is 0.454 e. The van der Waals surface area contributed by atoms with Gasteiger partial charge in [0, 0.05) is 29.5 Å². The first-order chi connectivity index (χ1) is 20.7. The number of rotatable bonds is 12. The second-order valence-electron chi connectivity index (χ2n) is 10.8. The number of fused-ring (bicyclic) bond motifs is 1. The molecule has 9 nitrogen and oxygen atoms in total. The molecule has 1 aliphatic carbocycles. The van der Waals surface area contributed by atoms with Gasteiger partial charge in [-0.3, -0.25) is 13.9 Å². The fourth-order valence-electron chi connectivity index (χ4n) is 5.51. The van der Waals surface area contributed by atoms with Crippen LogP contribution in [-0.4, -0.2) is 56.3 Å².